The van der Waals surface area contributed by atoms with Gasteiger partial charge in [0, 0.05) is 0 Å². The van der Waals surface area contributed by atoms with E-state index in [0.29, 0.717) is 0 Å². The average Bonchev–Trinajstić information content (AvgIpc) is 2.75. The van der Waals surface area contributed by atoms with Gasteiger partial charge in [-0.3, -0.25) is 0 Å². The number of nitro benzene ring substituents is 2. The van der Waals surface area contributed by atoms with Crippen LogP contribution in [0, 0.1) is 20.2 Å². The van der Waals surface area contributed by atoms with Crippen LogP contribution in [-0.4, -0.2) is 84.7 Å². The van der Waals surface area contributed by atoms with Crippen molar-refractivity contribution < 1.29 is 52.7 Å². The number of benzene rings is 1. The quantitative estimate of drug-likeness (QED) is 0.124. The summed E-state index contributed by atoms with van der Waals surface area (Å²) in [5.41, 5.74) is -1.08. The predicted octanol–water partition coefficient (Wildman–Crippen LogP) is -0.0844. The third-order valence-electron chi connectivity index (χ3n) is 4.54. The van der Waals surface area contributed by atoms with E-state index >= 15 is 0 Å². The number of esters is 4. The fourth-order valence-electron chi connectivity index (χ4n) is 3.27. The SMILES string of the molecule is CC(=O)OC[C@H]1O[C@@H]([Se]c2ccc([N+](=O)[O-])cc2[N+](=O)[O-])[C@H](OC(C)=O)[C@@H](OC(C)=O)[C@@H]1OC(C)=O. The molecule has 196 valence electrons. The summed E-state index contributed by atoms with van der Waals surface area (Å²) >= 11 is -1.08. The van der Waals surface area contributed by atoms with Crippen LogP contribution in [0.15, 0.2) is 18.2 Å². The Bertz CT molecular complexity index is 1060. The Kier molecular flexibility index (Phi) is 9.84. The number of nitro groups is 2. The number of hydrogen-bond acceptors (Lipinski definition) is 13. The zero-order valence-corrected chi connectivity index (χ0v) is 21.1. The molecule has 16 heteroatoms. The number of nitrogens with zero attached hydrogens (tertiary/aromatic N) is 2. The fourth-order valence-corrected chi connectivity index (χ4v) is 5.78. The molecule has 1 aliphatic rings. The van der Waals surface area contributed by atoms with Crippen LogP contribution >= 0.6 is 0 Å². The first kappa shape index (κ1) is 28.6. The van der Waals surface area contributed by atoms with Gasteiger partial charge in [-0.15, -0.1) is 0 Å². The standard InChI is InChI=1S/C20H22N2O13Se/c1-9(23)31-8-15-17(32-10(2)24)18(33-11(3)25)19(34-12(4)26)20(35-15)36-16-6-5-13(21(27)28)7-14(16)22(29)30/h5-7,15,17-20H,8H2,1-4H3/t15-,17-,18+,19-,20+/m1/s1. The summed E-state index contributed by atoms with van der Waals surface area (Å²) < 4.78 is 26.9. The molecule has 1 saturated heterocycles. The summed E-state index contributed by atoms with van der Waals surface area (Å²) in [6.45, 7) is 3.87. The predicted molar refractivity (Wildman–Crippen MR) is 117 cm³/mol. The van der Waals surface area contributed by atoms with Crippen LogP contribution in [0.5, 0.6) is 0 Å². The van der Waals surface area contributed by atoms with Gasteiger partial charge < -0.3 is 0 Å². The van der Waals surface area contributed by atoms with Crippen molar-refractivity contribution in [3.8, 4) is 0 Å². The molecule has 36 heavy (non-hydrogen) atoms. The number of carbonyl (C=O) groups excluding carboxylic acids is 4. The maximum absolute atomic E-state index is 11.9. The summed E-state index contributed by atoms with van der Waals surface area (Å²) in [5, 5.41) is 21.5. The van der Waals surface area contributed by atoms with Crippen LogP contribution in [0.3, 0.4) is 0 Å². The van der Waals surface area contributed by atoms with Crippen LogP contribution in [-0.2, 0) is 42.9 Å². The van der Waals surface area contributed by atoms with Gasteiger partial charge >= 0.3 is 210 Å². The van der Waals surface area contributed by atoms with Crippen LogP contribution < -0.4 is 4.46 Å². The molecule has 0 spiro atoms. The second kappa shape index (κ2) is 12.4. The zero-order valence-electron chi connectivity index (χ0n) is 19.4. The van der Waals surface area contributed by atoms with Crippen molar-refractivity contribution >= 4 is 54.7 Å². The van der Waals surface area contributed by atoms with Gasteiger partial charge in [0.25, 0.3) is 0 Å². The molecular formula is C20H22N2O13Se. The minimum atomic E-state index is -1.42. The molecular weight excluding hydrogens is 555 g/mol. The average molecular weight is 577 g/mol. The normalized spacial score (nSPS) is 23.2. The van der Waals surface area contributed by atoms with Crippen molar-refractivity contribution in [3.05, 3.63) is 38.4 Å². The molecule has 0 saturated carbocycles. The molecule has 0 N–H and O–H groups in total. The molecule has 0 aromatic heterocycles. The Morgan fingerprint density at radius 1 is 0.861 bits per heavy atom. The molecule has 15 nitrogen and oxygen atoms in total. The molecule has 0 radical (unpaired) electrons. The molecule has 1 aromatic carbocycles. The Hall–Kier alpha value is -3.62. The summed E-state index contributed by atoms with van der Waals surface area (Å²) in [5.74, 6) is -3.14. The van der Waals surface area contributed by atoms with Gasteiger partial charge in [0.15, 0.2) is 0 Å². The summed E-state index contributed by atoms with van der Waals surface area (Å²) in [7, 11) is 0. The monoisotopic (exact) mass is 578 g/mol. The number of hydrogen-bond donors (Lipinski definition) is 0. The summed E-state index contributed by atoms with van der Waals surface area (Å²) in [4.78, 5) is 68.0. The fraction of sp³-hybridized carbons (Fsp3) is 0.500. The zero-order chi connectivity index (χ0) is 27.2. The molecule has 0 amide bonds. The van der Waals surface area contributed by atoms with Crippen molar-refractivity contribution in [1.82, 2.24) is 0 Å². The molecule has 1 heterocycles. The number of carbonyl (C=O) groups is 4. The van der Waals surface area contributed by atoms with Gasteiger partial charge in [-0.05, 0) is 0 Å². The maximum atomic E-state index is 11.9. The van der Waals surface area contributed by atoms with E-state index < -0.39 is 96.1 Å². The first-order chi connectivity index (χ1) is 16.8. The van der Waals surface area contributed by atoms with E-state index in [1.54, 1.807) is 0 Å². The molecule has 1 aliphatic heterocycles. The van der Waals surface area contributed by atoms with E-state index in [-0.39, 0.29) is 4.46 Å². The summed E-state index contributed by atoms with van der Waals surface area (Å²) in [6, 6.07) is 3.02. The van der Waals surface area contributed by atoms with Gasteiger partial charge in [-0.1, -0.05) is 0 Å². The number of non-ortho nitro benzene ring substituents is 1. The van der Waals surface area contributed by atoms with Crippen molar-refractivity contribution in [2.45, 2.75) is 57.1 Å². The molecule has 5 atom stereocenters. The number of ether oxygens (including phenoxy) is 5. The topological polar surface area (TPSA) is 201 Å². The van der Waals surface area contributed by atoms with E-state index in [4.69, 9.17) is 23.7 Å². The third kappa shape index (κ3) is 7.69. The van der Waals surface area contributed by atoms with Crippen molar-refractivity contribution in [1.29, 1.82) is 0 Å². The third-order valence-corrected chi connectivity index (χ3v) is 7.08. The van der Waals surface area contributed by atoms with E-state index in [1.807, 2.05) is 0 Å². The molecule has 0 aliphatic carbocycles. The van der Waals surface area contributed by atoms with Crippen LogP contribution in [0.25, 0.3) is 0 Å². The Morgan fingerprint density at radius 3 is 1.92 bits per heavy atom. The van der Waals surface area contributed by atoms with Crippen molar-refractivity contribution in [2.24, 2.45) is 0 Å². The number of rotatable bonds is 9. The molecule has 2 rings (SSSR count). The second-order valence-electron chi connectivity index (χ2n) is 7.35. The van der Waals surface area contributed by atoms with Gasteiger partial charge in [0.2, 0.25) is 0 Å². The van der Waals surface area contributed by atoms with Gasteiger partial charge in [0.1, 0.15) is 0 Å². The molecule has 0 unspecified atom stereocenters. The minimum absolute atomic E-state index is 0.0407. The van der Waals surface area contributed by atoms with Crippen LogP contribution in [0.2, 0.25) is 0 Å². The van der Waals surface area contributed by atoms with Crippen LogP contribution in [0.4, 0.5) is 11.4 Å². The first-order valence-corrected chi connectivity index (χ1v) is 12.0. The first-order valence-electron chi connectivity index (χ1n) is 10.2. The van der Waals surface area contributed by atoms with Crippen molar-refractivity contribution in [3.63, 3.8) is 0 Å². The Balaban J connectivity index is 2.57. The van der Waals surface area contributed by atoms with E-state index in [1.165, 1.54) is 6.07 Å². The van der Waals surface area contributed by atoms with Gasteiger partial charge in [-0.2, -0.15) is 0 Å². The Morgan fingerprint density at radius 2 is 1.42 bits per heavy atom. The second-order valence-corrected chi connectivity index (χ2v) is 9.74. The van der Waals surface area contributed by atoms with Gasteiger partial charge in [0.05, 0.1) is 0 Å². The van der Waals surface area contributed by atoms with E-state index in [2.05, 4.69) is 0 Å². The van der Waals surface area contributed by atoms with Gasteiger partial charge in [-0.25, -0.2) is 0 Å². The Labute approximate surface area is 209 Å². The molecule has 1 aromatic rings. The molecule has 0 bridgehead atoms. The van der Waals surface area contributed by atoms with Crippen molar-refractivity contribution in [2.75, 3.05) is 6.61 Å². The van der Waals surface area contributed by atoms with Crippen LogP contribution in [0.1, 0.15) is 27.7 Å². The van der Waals surface area contributed by atoms with E-state index in [9.17, 15) is 39.4 Å². The van der Waals surface area contributed by atoms with E-state index in [0.717, 1.165) is 39.8 Å². The summed E-state index contributed by atoms with van der Waals surface area (Å²) in [6.07, 6.45) is -5.39. The molecule has 1 fully saturated rings.